The summed E-state index contributed by atoms with van der Waals surface area (Å²) in [6.07, 6.45) is 1.56. The van der Waals surface area contributed by atoms with Crippen LogP contribution in [0.15, 0.2) is 30.3 Å². The number of nitrogens with one attached hydrogen (secondary N) is 1. The van der Waals surface area contributed by atoms with Crippen molar-refractivity contribution in [1.29, 1.82) is 0 Å². The van der Waals surface area contributed by atoms with E-state index in [9.17, 15) is 0 Å². The predicted molar refractivity (Wildman–Crippen MR) is 59.8 cm³/mol. The predicted octanol–water partition coefficient (Wildman–Crippen LogP) is 0.902. The van der Waals surface area contributed by atoms with Crippen molar-refractivity contribution in [3.8, 4) is 0 Å². The molecule has 1 N–H and O–H groups in total. The molecule has 0 amide bonds. The van der Waals surface area contributed by atoms with E-state index in [2.05, 4.69) is 35.6 Å². The van der Waals surface area contributed by atoms with Crippen molar-refractivity contribution in [2.45, 2.75) is 12.5 Å². The maximum atomic E-state index is 5.72. The van der Waals surface area contributed by atoms with Crippen LogP contribution < -0.4 is 5.32 Å². The summed E-state index contributed by atoms with van der Waals surface area (Å²) in [5.74, 6) is 0.662. The van der Waals surface area contributed by atoms with Gasteiger partial charge in [-0.15, -0.1) is 0 Å². The van der Waals surface area contributed by atoms with Crippen LogP contribution >= 0.6 is 0 Å². The van der Waals surface area contributed by atoms with Gasteiger partial charge in [-0.3, -0.25) is 0 Å². The van der Waals surface area contributed by atoms with Crippen LogP contribution in [-0.4, -0.2) is 29.7 Å². The molecule has 14 heavy (non-hydrogen) atoms. The summed E-state index contributed by atoms with van der Waals surface area (Å²) < 4.78 is 5.72. The first-order valence-corrected chi connectivity index (χ1v) is 6.02. The Labute approximate surface area is 93.4 Å². The first-order valence-electron chi connectivity index (χ1n) is 5.20. The maximum absolute atomic E-state index is 5.72. The Balaban J connectivity index is 2.12. The molecule has 1 aromatic rings. The molecule has 0 unspecified atom stereocenters. The third-order valence-corrected chi connectivity index (χ3v) is 3.42. The van der Waals surface area contributed by atoms with Crippen molar-refractivity contribution in [2.75, 3.05) is 13.1 Å². The van der Waals surface area contributed by atoms with Gasteiger partial charge in [-0.25, -0.2) is 0 Å². The van der Waals surface area contributed by atoms with Crippen molar-refractivity contribution in [3.05, 3.63) is 35.9 Å². The summed E-state index contributed by atoms with van der Waals surface area (Å²) in [5.41, 5.74) is 1.33. The zero-order chi connectivity index (χ0) is 9.80. The van der Waals surface area contributed by atoms with Crippen molar-refractivity contribution >= 4 is 16.6 Å². The van der Waals surface area contributed by atoms with Gasteiger partial charge in [0.15, 0.2) is 0 Å². The fourth-order valence-corrected chi connectivity index (χ4v) is 2.84. The standard InChI is InChI=1S/C11H14NO.Al.2H/c13-11(10-6-7-12-8-10)9-4-2-1-3-5-9;;;/h1-5,10-12H,6-8H2;;;/q-1;+1;;/t10-,11-;;;/m0.../s1. The van der Waals surface area contributed by atoms with Crippen molar-refractivity contribution in [2.24, 2.45) is 5.92 Å². The fraction of sp³-hybridized carbons (Fsp3) is 0.455. The lowest BCUT2D eigenvalue weighted by Crippen LogP contribution is -2.18. The quantitative estimate of drug-likeness (QED) is 0.740. The molecule has 0 saturated carbocycles. The van der Waals surface area contributed by atoms with Gasteiger partial charge in [-0.1, -0.05) is 30.3 Å². The molecular formula is C11H16AlNO. The molecule has 0 aliphatic carbocycles. The fourth-order valence-electron chi connectivity index (χ4n) is 2.18. The third kappa shape index (κ3) is 2.18. The van der Waals surface area contributed by atoms with Gasteiger partial charge in [0, 0.05) is 12.5 Å². The van der Waals surface area contributed by atoms with Gasteiger partial charge in [0.05, 0.1) is 6.10 Å². The van der Waals surface area contributed by atoms with Crippen LogP contribution in [0.25, 0.3) is 0 Å². The summed E-state index contributed by atoms with van der Waals surface area (Å²) in [5, 5.41) is 3.39. The Morgan fingerprint density at radius 1 is 1.36 bits per heavy atom. The van der Waals surface area contributed by atoms with Crippen LogP contribution in [0.4, 0.5) is 0 Å². The van der Waals surface area contributed by atoms with Crippen LogP contribution in [0.3, 0.4) is 0 Å². The highest BCUT2D eigenvalue weighted by atomic mass is 27.1. The summed E-state index contributed by atoms with van der Waals surface area (Å²) in [6, 6.07) is 10.6. The third-order valence-electron chi connectivity index (χ3n) is 2.91. The summed E-state index contributed by atoms with van der Waals surface area (Å²) in [4.78, 5) is 0. The average Bonchev–Trinajstić information content (AvgIpc) is 2.74. The summed E-state index contributed by atoms with van der Waals surface area (Å²) in [7, 11) is 0. The lowest BCUT2D eigenvalue weighted by Gasteiger charge is -2.23. The largest absolute Gasteiger partial charge is 0.500 e. The minimum Gasteiger partial charge on any atom is -0.500 e. The normalized spacial score (nSPS) is 23.6. The Kier molecular flexibility index (Phi) is 3.61. The highest BCUT2D eigenvalue weighted by Crippen LogP contribution is 2.28. The maximum Gasteiger partial charge on any atom is 0.410 e. The molecule has 0 bridgehead atoms. The number of rotatable bonds is 3. The van der Waals surface area contributed by atoms with Crippen LogP contribution in [0, 0.1) is 5.92 Å². The molecule has 2 nitrogen and oxygen atoms in total. The van der Waals surface area contributed by atoms with E-state index < -0.39 is 0 Å². The van der Waals surface area contributed by atoms with E-state index in [1.165, 1.54) is 12.0 Å². The molecule has 1 heterocycles. The molecule has 0 aromatic heterocycles. The van der Waals surface area contributed by atoms with Gasteiger partial charge < -0.3 is 9.11 Å². The monoisotopic (exact) mass is 205 g/mol. The molecule has 1 saturated heterocycles. The Bertz CT molecular complexity index is 272. The lowest BCUT2D eigenvalue weighted by molar-refractivity contribution is 0.159. The molecule has 2 rings (SSSR count). The van der Waals surface area contributed by atoms with E-state index in [1.54, 1.807) is 0 Å². The van der Waals surface area contributed by atoms with E-state index in [1.807, 2.05) is 0 Å². The molecule has 1 aliphatic rings. The average molecular weight is 205 g/mol. The topological polar surface area (TPSA) is 21.3 Å². The molecule has 1 aliphatic heterocycles. The van der Waals surface area contributed by atoms with Crippen molar-refractivity contribution < 1.29 is 3.79 Å². The van der Waals surface area contributed by atoms with Crippen molar-refractivity contribution in [3.63, 3.8) is 0 Å². The first-order chi connectivity index (χ1) is 6.92. The van der Waals surface area contributed by atoms with E-state index in [0.29, 0.717) is 12.0 Å². The Morgan fingerprint density at radius 3 is 2.71 bits per heavy atom. The lowest BCUT2D eigenvalue weighted by atomic mass is 9.95. The van der Waals surface area contributed by atoms with E-state index in [-0.39, 0.29) is 0 Å². The smallest absolute Gasteiger partial charge is 0.410 e. The van der Waals surface area contributed by atoms with E-state index in [0.717, 1.165) is 29.7 Å². The molecule has 3 heteroatoms. The molecular weight excluding hydrogens is 189 g/mol. The Morgan fingerprint density at radius 2 is 2.14 bits per heavy atom. The highest BCUT2D eigenvalue weighted by molar-refractivity contribution is 5.98. The van der Waals surface area contributed by atoms with Gasteiger partial charge in [-0.05, 0) is 18.5 Å². The van der Waals surface area contributed by atoms with Gasteiger partial charge in [0.1, 0.15) is 0 Å². The van der Waals surface area contributed by atoms with Gasteiger partial charge in [0.2, 0.25) is 0 Å². The second-order valence-electron chi connectivity index (χ2n) is 3.82. The SMILES string of the molecule is [AlH2][O][C@@H](c1ccccc1)[C@H]1CCNC1. The highest BCUT2D eigenvalue weighted by Gasteiger charge is 2.24. The van der Waals surface area contributed by atoms with Crippen LogP contribution in [0.1, 0.15) is 18.1 Å². The summed E-state index contributed by atoms with van der Waals surface area (Å²) in [6.45, 7) is 2.24. The summed E-state index contributed by atoms with van der Waals surface area (Å²) >= 11 is 0.814. The first kappa shape index (κ1) is 10.2. The minimum atomic E-state index is 0.317. The molecule has 0 radical (unpaired) electrons. The zero-order valence-electron chi connectivity index (χ0n) is 8.57. The second-order valence-corrected chi connectivity index (χ2v) is 4.29. The van der Waals surface area contributed by atoms with E-state index in [4.69, 9.17) is 3.79 Å². The van der Waals surface area contributed by atoms with Crippen LogP contribution in [0.2, 0.25) is 0 Å². The molecule has 74 valence electrons. The number of hydrogen-bond acceptors (Lipinski definition) is 2. The minimum absolute atomic E-state index is 0.317. The van der Waals surface area contributed by atoms with Crippen LogP contribution in [0.5, 0.6) is 0 Å². The van der Waals surface area contributed by atoms with Crippen LogP contribution in [-0.2, 0) is 3.79 Å². The van der Waals surface area contributed by atoms with Crippen molar-refractivity contribution in [1.82, 2.24) is 5.32 Å². The molecule has 2 atom stereocenters. The number of hydrogen-bond donors (Lipinski definition) is 1. The Hall–Kier alpha value is -0.328. The van der Waals surface area contributed by atoms with Gasteiger partial charge in [0.25, 0.3) is 0 Å². The second kappa shape index (κ2) is 4.95. The number of benzene rings is 1. The molecule has 0 spiro atoms. The van der Waals surface area contributed by atoms with Gasteiger partial charge in [-0.2, -0.15) is 0 Å². The van der Waals surface area contributed by atoms with Gasteiger partial charge >= 0.3 is 16.6 Å². The van der Waals surface area contributed by atoms with E-state index >= 15 is 0 Å². The zero-order valence-corrected chi connectivity index (χ0v) is 10.6. The molecule has 1 aromatic carbocycles. The molecule has 1 fully saturated rings.